The number of carboxylic acid groups (broad SMARTS) is 1. The van der Waals surface area contributed by atoms with E-state index in [0.29, 0.717) is 12.1 Å². The van der Waals surface area contributed by atoms with E-state index in [4.69, 9.17) is 9.84 Å². The minimum Gasteiger partial charge on any atom is -0.497 e. The van der Waals surface area contributed by atoms with Crippen LogP contribution in [0.1, 0.15) is 12.5 Å². The summed E-state index contributed by atoms with van der Waals surface area (Å²) >= 11 is 0. The summed E-state index contributed by atoms with van der Waals surface area (Å²) in [6.45, 7) is 2.98. The van der Waals surface area contributed by atoms with Crippen LogP contribution in [0.2, 0.25) is 0 Å². The molecule has 4 nitrogen and oxygen atoms in total. The van der Waals surface area contributed by atoms with Gasteiger partial charge in [-0.05, 0) is 37.6 Å². The van der Waals surface area contributed by atoms with E-state index >= 15 is 0 Å². The largest absolute Gasteiger partial charge is 0.497 e. The van der Waals surface area contributed by atoms with Gasteiger partial charge < -0.3 is 15.2 Å². The number of hydrogen-bond donors (Lipinski definition) is 2. The minimum atomic E-state index is -0.869. The summed E-state index contributed by atoms with van der Waals surface area (Å²) in [5, 5.41) is 11.8. The third-order valence-corrected chi connectivity index (χ3v) is 2.64. The summed E-state index contributed by atoms with van der Waals surface area (Å²) < 4.78 is 5.08. The average molecular weight is 249 g/mol. The zero-order valence-electron chi connectivity index (χ0n) is 10.8. The van der Waals surface area contributed by atoms with Crippen molar-refractivity contribution >= 4 is 5.97 Å². The molecule has 1 rings (SSSR count). The van der Waals surface area contributed by atoms with E-state index in [1.165, 1.54) is 5.56 Å². The van der Waals surface area contributed by atoms with E-state index in [2.05, 4.69) is 5.32 Å². The molecular weight excluding hydrogens is 230 g/mol. The van der Waals surface area contributed by atoms with Gasteiger partial charge in [0.05, 0.1) is 7.11 Å². The number of carbonyl (C=O) groups is 1. The number of nitrogens with one attached hydrogen (secondary N) is 1. The molecule has 0 aliphatic heterocycles. The summed E-state index contributed by atoms with van der Waals surface area (Å²) in [4.78, 5) is 10.5. The second-order valence-corrected chi connectivity index (χ2v) is 3.99. The second-order valence-electron chi connectivity index (χ2n) is 3.99. The highest BCUT2D eigenvalue weighted by Gasteiger charge is 1.98. The third-order valence-electron chi connectivity index (χ3n) is 2.64. The fourth-order valence-corrected chi connectivity index (χ4v) is 1.44. The van der Waals surface area contributed by atoms with Crippen LogP contribution in [-0.4, -0.2) is 31.3 Å². The van der Waals surface area contributed by atoms with E-state index in [-0.39, 0.29) is 0 Å². The lowest BCUT2D eigenvalue weighted by Gasteiger charge is -2.04. The average Bonchev–Trinajstić information content (AvgIpc) is 2.38. The maximum absolute atomic E-state index is 10.5. The van der Waals surface area contributed by atoms with Gasteiger partial charge in [-0.3, -0.25) is 0 Å². The summed E-state index contributed by atoms with van der Waals surface area (Å²) in [6.07, 6.45) is 2.58. The van der Waals surface area contributed by atoms with Crippen molar-refractivity contribution in [2.75, 3.05) is 20.2 Å². The molecule has 0 aliphatic rings. The normalized spacial score (nSPS) is 11.3. The van der Waals surface area contributed by atoms with Crippen LogP contribution in [0.5, 0.6) is 5.75 Å². The van der Waals surface area contributed by atoms with Crippen molar-refractivity contribution in [3.8, 4) is 5.75 Å². The van der Waals surface area contributed by atoms with Crippen molar-refractivity contribution in [2.24, 2.45) is 0 Å². The molecule has 1 aromatic carbocycles. The van der Waals surface area contributed by atoms with Crippen LogP contribution in [0.25, 0.3) is 0 Å². The van der Waals surface area contributed by atoms with Gasteiger partial charge in [-0.2, -0.15) is 0 Å². The molecule has 0 saturated carbocycles. The summed E-state index contributed by atoms with van der Waals surface area (Å²) in [6, 6.07) is 7.92. The van der Waals surface area contributed by atoms with E-state index < -0.39 is 5.97 Å². The molecule has 0 atom stereocenters. The lowest BCUT2D eigenvalue weighted by molar-refractivity contribution is -0.132. The predicted octanol–water partition coefficient (Wildman–Crippen LogP) is 1.86. The fraction of sp³-hybridized carbons (Fsp3) is 0.357. The number of benzene rings is 1. The van der Waals surface area contributed by atoms with Crippen LogP contribution in [-0.2, 0) is 11.2 Å². The van der Waals surface area contributed by atoms with Gasteiger partial charge in [-0.15, -0.1) is 0 Å². The molecule has 4 heteroatoms. The standard InChI is InChI=1S/C14H19NO3/c1-11(14(16)17)7-9-15-10-8-12-3-5-13(18-2)6-4-12/h3-7,15H,8-10H2,1-2H3,(H,16,17)/b11-7-. The van der Waals surface area contributed by atoms with Crippen LogP contribution in [0.15, 0.2) is 35.9 Å². The molecule has 0 amide bonds. The molecule has 98 valence electrons. The Bertz CT molecular complexity index is 410. The van der Waals surface area contributed by atoms with Gasteiger partial charge in [-0.1, -0.05) is 18.2 Å². The number of methoxy groups -OCH3 is 1. The van der Waals surface area contributed by atoms with Gasteiger partial charge in [0.1, 0.15) is 5.75 Å². The Hall–Kier alpha value is -1.81. The van der Waals surface area contributed by atoms with Crippen LogP contribution >= 0.6 is 0 Å². The molecule has 2 N–H and O–H groups in total. The minimum absolute atomic E-state index is 0.368. The maximum Gasteiger partial charge on any atom is 0.330 e. The topological polar surface area (TPSA) is 58.6 Å². The first-order valence-corrected chi connectivity index (χ1v) is 5.87. The van der Waals surface area contributed by atoms with E-state index in [1.54, 1.807) is 20.1 Å². The lowest BCUT2D eigenvalue weighted by Crippen LogP contribution is -2.17. The van der Waals surface area contributed by atoms with Crippen molar-refractivity contribution in [3.63, 3.8) is 0 Å². The van der Waals surface area contributed by atoms with Crippen molar-refractivity contribution in [2.45, 2.75) is 13.3 Å². The smallest absolute Gasteiger partial charge is 0.330 e. The SMILES string of the molecule is COc1ccc(CCNC/C=C(/C)C(=O)O)cc1. The highest BCUT2D eigenvalue weighted by molar-refractivity contribution is 5.85. The first-order valence-electron chi connectivity index (χ1n) is 5.87. The summed E-state index contributed by atoms with van der Waals surface area (Å²) in [5.74, 6) is -0.0151. The lowest BCUT2D eigenvalue weighted by atomic mass is 10.1. The van der Waals surface area contributed by atoms with Crippen LogP contribution in [0.4, 0.5) is 0 Å². The van der Waals surface area contributed by atoms with Gasteiger partial charge in [0, 0.05) is 12.1 Å². The van der Waals surface area contributed by atoms with E-state index in [0.717, 1.165) is 18.7 Å². The van der Waals surface area contributed by atoms with Crippen LogP contribution < -0.4 is 10.1 Å². The van der Waals surface area contributed by atoms with Crippen molar-refractivity contribution < 1.29 is 14.6 Å². The molecule has 0 aromatic heterocycles. The van der Waals surface area contributed by atoms with Gasteiger partial charge in [0.15, 0.2) is 0 Å². The summed E-state index contributed by atoms with van der Waals surface area (Å²) in [5.41, 5.74) is 1.59. The highest BCUT2D eigenvalue weighted by atomic mass is 16.5. The fourth-order valence-electron chi connectivity index (χ4n) is 1.44. The molecule has 0 spiro atoms. The number of rotatable bonds is 7. The van der Waals surface area contributed by atoms with Gasteiger partial charge >= 0.3 is 5.97 Å². The zero-order chi connectivity index (χ0) is 13.4. The molecule has 0 saturated heterocycles. The molecule has 0 radical (unpaired) electrons. The monoisotopic (exact) mass is 249 g/mol. The number of carboxylic acids is 1. The van der Waals surface area contributed by atoms with E-state index in [1.807, 2.05) is 24.3 Å². The number of aliphatic carboxylic acids is 1. The molecule has 0 bridgehead atoms. The van der Waals surface area contributed by atoms with Gasteiger partial charge in [-0.25, -0.2) is 4.79 Å². The van der Waals surface area contributed by atoms with Crippen LogP contribution in [0.3, 0.4) is 0 Å². The van der Waals surface area contributed by atoms with Crippen molar-refractivity contribution in [1.82, 2.24) is 5.32 Å². The molecule has 1 aromatic rings. The number of hydrogen-bond acceptors (Lipinski definition) is 3. The Morgan fingerprint density at radius 2 is 2.06 bits per heavy atom. The molecule has 18 heavy (non-hydrogen) atoms. The summed E-state index contributed by atoms with van der Waals surface area (Å²) in [7, 11) is 1.65. The molecule has 0 heterocycles. The second kappa shape index (κ2) is 7.50. The first kappa shape index (κ1) is 14.3. The first-order chi connectivity index (χ1) is 8.63. The number of ether oxygens (including phenoxy) is 1. The highest BCUT2D eigenvalue weighted by Crippen LogP contribution is 2.11. The Balaban J connectivity index is 2.25. The Morgan fingerprint density at radius 3 is 2.61 bits per heavy atom. The Labute approximate surface area is 107 Å². The predicted molar refractivity (Wildman–Crippen MR) is 71.0 cm³/mol. The molecule has 0 aliphatic carbocycles. The van der Waals surface area contributed by atoms with Crippen LogP contribution in [0, 0.1) is 0 Å². The maximum atomic E-state index is 10.5. The quantitative estimate of drug-likeness (QED) is 0.572. The van der Waals surface area contributed by atoms with Gasteiger partial charge in [0.25, 0.3) is 0 Å². The molecule has 0 fully saturated rings. The zero-order valence-corrected chi connectivity index (χ0v) is 10.8. The Morgan fingerprint density at radius 1 is 1.39 bits per heavy atom. The van der Waals surface area contributed by atoms with Gasteiger partial charge in [0.2, 0.25) is 0 Å². The van der Waals surface area contributed by atoms with Crippen molar-refractivity contribution in [1.29, 1.82) is 0 Å². The molecule has 0 unspecified atom stereocenters. The van der Waals surface area contributed by atoms with Crippen molar-refractivity contribution in [3.05, 3.63) is 41.5 Å². The molecular formula is C14H19NO3. The third kappa shape index (κ3) is 5.01. The van der Waals surface area contributed by atoms with E-state index in [9.17, 15) is 4.79 Å². The Kier molecular flexibility index (Phi) is 5.94.